The zero-order valence-electron chi connectivity index (χ0n) is 10.4. The van der Waals surface area contributed by atoms with E-state index in [9.17, 15) is 9.18 Å². The number of hydrogen-bond donors (Lipinski definition) is 0. The normalized spacial score (nSPS) is 10.6. The fourth-order valence-corrected chi connectivity index (χ4v) is 2.80. The number of carbonyl (C=O) groups is 1. The first-order valence-electron chi connectivity index (χ1n) is 5.66. The Morgan fingerprint density at radius 3 is 2.37 bits per heavy atom. The molecule has 0 aromatic heterocycles. The Morgan fingerprint density at radius 2 is 1.74 bits per heavy atom. The Balaban J connectivity index is 2.53. The lowest BCUT2D eigenvalue weighted by Crippen LogP contribution is -2.06. The largest absolute Gasteiger partial charge is 0.289 e. The first-order chi connectivity index (χ1) is 8.90. The molecule has 2 aromatic rings. The first-order valence-corrected chi connectivity index (χ1v) is 7.12. The van der Waals surface area contributed by atoms with Gasteiger partial charge in [0.15, 0.2) is 5.78 Å². The third-order valence-corrected chi connectivity index (χ3v) is 4.21. The maximum Gasteiger partial charge on any atom is 0.195 e. The van der Waals surface area contributed by atoms with Crippen molar-refractivity contribution in [2.45, 2.75) is 13.8 Å². The van der Waals surface area contributed by atoms with Gasteiger partial charge < -0.3 is 0 Å². The summed E-state index contributed by atoms with van der Waals surface area (Å²) in [5.41, 5.74) is 2.96. The summed E-state index contributed by atoms with van der Waals surface area (Å²) in [5.74, 6) is -0.537. The zero-order chi connectivity index (χ0) is 14.2. The van der Waals surface area contributed by atoms with Crippen LogP contribution in [0.4, 0.5) is 4.39 Å². The van der Waals surface area contributed by atoms with Gasteiger partial charge in [-0.2, -0.15) is 0 Å². The fourth-order valence-electron chi connectivity index (χ4n) is 1.77. The molecule has 4 heteroatoms. The highest BCUT2D eigenvalue weighted by atomic mass is 127. The van der Waals surface area contributed by atoms with Gasteiger partial charge >= 0.3 is 0 Å². The third kappa shape index (κ3) is 2.98. The SMILES string of the molecule is Cc1cc(Cl)c(C(=O)c2ccc(F)cc2I)cc1C. The molecule has 0 saturated heterocycles. The lowest BCUT2D eigenvalue weighted by atomic mass is 9.99. The number of hydrogen-bond acceptors (Lipinski definition) is 1. The van der Waals surface area contributed by atoms with Crippen LogP contribution in [-0.2, 0) is 0 Å². The summed E-state index contributed by atoms with van der Waals surface area (Å²) in [6.45, 7) is 3.87. The van der Waals surface area contributed by atoms with E-state index in [2.05, 4.69) is 0 Å². The minimum absolute atomic E-state index is 0.183. The Kier molecular flexibility index (Phi) is 4.26. The van der Waals surface area contributed by atoms with E-state index in [1.165, 1.54) is 18.2 Å². The van der Waals surface area contributed by atoms with Crippen LogP contribution in [0.1, 0.15) is 27.0 Å². The number of benzene rings is 2. The van der Waals surface area contributed by atoms with Gasteiger partial charge in [0.2, 0.25) is 0 Å². The van der Waals surface area contributed by atoms with Crippen molar-refractivity contribution < 1.29 is 9.18 Å². The highest BCUT2D eigenvalue weighted by molar-refractivity contribution is 14.1. The lowest BCUT2D eigenvalue weighted by Gasteiger charge is -2.09. The Hall–Kier alpha value is -0.940. The number of carbonyl (C=O) groups excluding carboxylic acids is 1. The fraction of sp³-hybridized carbons (Fsp3) is 0.133. The molecule has 0 unspecified atom stereocenters. The van der Waals surface area contributed by atoms with E-state index in [1.54, 1.807) is 12.1 Å². The lowest BCUT2D eigenvalue weighted by molar-refractivity contribution is 0.103. The smallest absolute Gasteiger partial charge is 0.195 e. The summed E-state index contributed by atoms with van der Waals surface area (Å²) in [6.07, 6.45) is 0. The molecule has 0 aliphatic carbocycles. The van der Waals surface area contributed by atoms with E-state index < -0.39 is 0 Å². The predicted molar refractivity (Wildman–Crippen MR) is 83.5 cm³/mol. The summed E-state index contributed by atoms with van der Waals surface area (Å²) >= 11 is 8.08. The predicted octanol–water partition coefficient (Wildman–Crippen LogP) is 4.93. The van der Waals surface area contributed by atoms with Gasteiger partial charge in [0.25, 0.3) is 0 Å². The van der Waals surface area contributed by atoms with Crippen LogP contribution in [0.25, 0.3) is 0 Å². The van der Waals surface area contributed by atoms with Crippen LogP contribution >= 0.6 is 34.2 Å². The van der Waals surface area contributed by atoms with Gasteiger partial charge in [0.1, 0.15) is 5.82 Å². The molecule has 2 aromatic carbocycles. The molecule has 19 heavy (non-hydrogen) atoms. The minimum Gasteiger partial charge on any atom is -0.289 e. The summed E-state index contributed by atoms with van der Waals surface area (Å²) in [4.78, 5) is 12.5. The van der Waals surface area contributed by atoms with Gasteiger partial charge in [-0.1, -0.05) is 11.6 Å². The van der Waals surface area contributed by atoms with Crippen molar-refractivity contribution in [2.24, 2.45) is 0 Å². The van der Waals surface area contributed by atoms with Gasteiger partial charge in [-0.05, 0) is 77.9 Å². The summed E-state index contributed by atoms with van der Waals surface area (Å²) < 4.78 is 13.6. The van der Waals surface area contributed by atoms with Crippen molar-refractivity contribution in [2.75, 3.05) is 0 Å². The Bertz CT molecular complexity index is 667. The van der Waals surface area contributed by atoms with E-state index in [0.717, 1.165) is 11.1 Å². The van der Waals surface area contributed by atoms with Crippen molar-refractivity contribution in [3.63, 3.8) is 0 Å². The molecule has 0 aliphatic heterocycles. The second-order valence-corrected chi connectivity index (χ2v) is 5.94. The monoisotopic (exact) mass is 388 g/mol. The highest BCUT2D eigenvalue weighted by Crippen LogP contribution is 2.25. The molecule has 0 fully saturated rings. The third-order valence-electron chi connectivity index (χ3n) is 3.00. The number of aryl methyl sites for hydroxylation is 2. The van der Waals surface area contributed by atoms with Gasteiger partial charge in [-0.25, -0.2) is 4.39 Å². The molecular formula is C15H11ClFIO. The molecule has 1 nitrogen and oxygen atoms in total. The standard InChI is InChI=1S/C15H11ClFIO/c1-8-5-12(13(16)6-9(8)2)15(19)11-4-3-10(17)7-14(11)18/h3-7H,1-2H3. The quantitative estimate of drug-likeness (QED) is 0.526. The zero-order valence-corrected chi connectivity index (χ0v) is 13.3. The second-order valence-electron chi connectivity index (χ2n) is 4.37. The second kappa shape index (κ2) is 5.59. The molecule has 0 saturated carbocycles. The van der Waals surface area contributed by atoms with E-state index in [0.29, 0.717) is 19.7 Å². The molecule has 0 bridgehead atoms. The van der Waals surface area contributed by atoms with Crippen LogP contribution in [0.3, 0.4) is 0 Å². The Labute approximate surface area is 129 Å². The van der Waals surface area contributed by atoms with E-state index in [1.807, 2.05) is 36.4 Å². The molecule has 0 amide bonds. The first kappa shape index (κ1) is 14.5. The molecular weight excluding hydrogens is 378 g/mol. The highest BCUT2D eigenvalue weighted by Gasteiger charge is 2.17. The average Bonchev–Trinajstić information content (AvgIpc) is 2.33. The van der Waals surface area contributed by atoms with Crippen LogP contribution in [-0.4, -0.2) is 5.78 Å². The molecule has 0 heterocycles. The Morgan fingerprint density at radius 1 is 1.11 bits per heavy atom. The van der Waals surface area contributed by atoms with E-state index in [-0.39, 0.29) is 11.6 Å². The van der Waals surface area contributed by atoms with Crippen molar-refractivity contribution in [1.29, 1.82) is 0 Å². The van der Waals surface area contributed by atoms with Crippen LogP contribution in [0, 0.1) is 23.2 Å². The molecule has 0 aliphatic rings. The van der Waals surface area contributed by atoms with Crippen molar-refractivity contribution in [3.05, 3.63) is 67.0 Å². The van der Waals surface area contributed by atoms with Crippen molar-refractivity contribution >= 4 is 40.0 Å². The molecule has 98 valence electrons. The van der Waals surface area contributed by atoms with E-state index >= 15 is 0 Å². The number of rotatable bonds is 2. The average molecular weight is 389 g/mol. The van der Waals surface area contributed by atoms with Crippen LogP contribution in [0.15, 0.2) is 30.3 Å². The van der Waals surface area contributed by atoms with Crippen LogP contribution in [0.2, 0.25) is 5.02 Å². The van der Waals surface area contributed by atoms with Gasteiger partial charge in [0, 0.05) is 14.7 Å². The molecule has 0 N–H and O–H groups in total. The topological polar surface area (TPSA) is 17.1 Å². The van der Waals surface area contributed by atoms with Crippen LogP contribution < -0.4 is 0 Å². The van der Waals surface area contributed by atoms with Gasteiger partial charge in [0.05, 0.1) is 5.02 Å². The minimum atomic E-state index is -0.355. The van der Waals surface area contributed by atoms with Crippen molar-refractivity contribution in [1.82, 2.24) is 0 Å². The summed E-state index contributed by atoms with van der Waals surface area (Å²) in [6, 6.07) is 7.66. The van der Waals surface area contributed by atoms with E-state index in [4.69, 9.17) is 11.6 Å². The van der Waals surface area contributed by atoms with Gasteiger partial charge in [-0.3, -0.25) is 4.79 Å². The van der Waals surface area contributed by atoms with Crippen molar-refractivity contribution in [3.8, 4) is 0 Å². The molecule has 0 radical (unpaired) electrons. The number of ketones is 1. The van der Waals surface area contributed by atoms with Gasteiger partial charge in [-0.15, -0.1) is 0 Å². The molecule has 0 atom stereocenters. The maximum atomic E-state index is 13.1. The molecule has 2 rings (SSSR count). The summed E-state index contributed by atoms with van der Waals surface area (Å²) in [7, 11) is 0. The summed E-state index contributed by atoms with van der Waals surface area (Å²) in [5, 5.41) is 0.424. The molecule has 0 spiro atoms. The number of halogens is 3. The van der Waals surface area contributed by atoms with Crippen LogP contribution in [0.5, 0.6) is 0 Å². The maximum absolute atomic E-state index is 13.1.